The molecule has 0 aromatic heterocycles. The summed E-state index contributed by atoms with van der Waals surface area (Å²) in [4.78, 5) is 0. The molecule has 0 spiro atoms. The van der Waals surface area contributed by atoms with Crippen LogP contribution < -0.4 is 5.32 Å². The van der Waals surface area contributed by atoms with E-state index in [0.29, 0.717) is 0 Å². The number of hydrogen-bond donors (Lipinski definition) is 1. The van der Waals surface area contributed by atoms with Gasteiger partial charge in [-0.15, -0.1) is 0 Å². The first-order valence-corrected chi connectivity index (χ1v) is 7.54. The molecule has 0 amide bonds. The van der Waals surface area contributed by atoms with E-state index in [9.17, 15) is 0 Å². The summed E-state index contributed by atoms with van der Waals surface area (Å²) >= 11 is 0. The van der Waals surface area contributed by atoms with E-state index in [4.69, 9.17) is 0 Å². The van der Waals surface area contributed by atoms with Gasteiger partial charge < -0.3 is 5.32 Å². The van der Waals surface area contributed by atoms with Crippen molar-refractivity contribution in [2.75, 3.05) is 6.54 Å². The molecule has 0 aliphatic heterocycles. The Bertz CT molecular complexity index is 192. The molecule has 94 valence electrons. The SMILES string of the molecule is CCNC1CCCCC1C1CCC(C)CC1. The molecular formula is C15H29N. The third-order valence-electron chi connectivity index (χ3n) is 4.95. The topological polar surface area (TPSA) is 12.0 Å². The average Bonchev–Trinajstić information content (AvgIpc) is 2.32. The molecule has 2 aliphatic rings. The van der Waals surface area contributed by atoms with Gasteiger partial charge in [0.1, 0.15) is 0 Å². The molecule has 0 heterocycles. The minimum Gasteiger partial charge on any atom is -0.314 e. The molecule has 0 aromatic carbocycles. The van der Waals surface area contributed by atoms with Gasteiger partial charge in [-0.3, -0.25) is 0 Å². The largest absolute Gasteiger partial charge is 0.314 e. The zero-order chi connectivity index (χ0) is 11.4. The summed E-state index contributed by atoms with van der Waals surface area (Å²) < 4.78 is 0. The van der Waals surface area contributed by atoms with Crippen molar-refractivity contribution >= 4 is 0 Å². The van der Waals surface area contributed by atoms with Crippen LogP contribution in [-0.2, 0) is 0 Å². The van der Waals surface area contributed by atoms with E-state index < -0.39 is 0 Å². The lowest BCUT2D eigenvalue weighted by molar-refractivity contribution is 0.136. The third-order valence-corrected chi connectivity index (χ3v) is 4.95. The third kappa shape index (κ3) is 3.00. The Morgan fingerprint density at radius 3 is 2.31 bits per heavy atom. The van der Waals surface area contributed by atoms with Crippen molar-refractivity contribution < 1.29 is 0 Å². The number of nitrogens with one attached hydrogen (secondary N) is 1. The van der Waals surface area contributed by atoms with Gasteiger partial charge in [0.25, 0.3) is 0 Å². The molecule has 2 saturated carbocycles. The first-order valence-electron chi connectivity index (χ1n) is 7.54. The fourth-order valence-corrected chi connectivity index (χ4v) is 3.95. The second-order valence-corrected chi connectivity index (χ2v) is 6.13. The minimum absolute atomic E-state index is 0.845. The molecule has 1 N–H and O–H groups in total. The molecular weight excluding hydrogens is 194 g/mol. The summed E-state index contributed by atoms with van der Waals surface area (Å²) in [5.74, 6) is 3.04. The molecule has 2 aliphatic carbocycles. The molecule has 2 fully saturated rings. The Balaban J connectivity index is 1.89. The molecule has 2 atom stereocenters. The molecule has 0 bridgehead atoms. The standard InChI is InChI=1S/C15H29N/c1-3-16-15-7-5-4-6-14(15)13-10-8-12(2)9-11-13/h12-16H,3-11H2,1-2H3. The van der Waals surface area contributed by atoms with E-state index in [1.807, 2.05) is 0 Å². The van der Waals surface area contributed by atoms with Crippen LogP contribution in [0.4, 0.5) is 0 Å². The highest BCUT2D eigenvalue weighted by Crippen LogP contribution is 2.39. The van der Waals surface area contributed by atoms with Crippen molar-refractivity contribution in [1.29, 1.82) is 0 Å². The van der Waals surface area contributed by atoms with Gasteiger partial charge in [-0.25, -0.2) is 0 Å². The quantitative estimate of drug-likeness (QED) is 0.763. The van der Waals surface area contributed by atoms with Crippen LogP contribution in [0.2, 0.25) is 0 Å². The van der Waals surface area contributed by atoms with Crippen LogP contribution in [0.5, 0.6) is 0 Å². The first kappa shape index (κ1) is 12.4. The summed E-state index contributed by atoms with van der Waals surface area (Å²) in [5.41, 5.74) is 0. The monoisotopic (exact) mass is 223 g/mol. The highest BCUT2D eigenvalue weighted by atomic mass is 14.9. The smallest absolute Gasteiger partial charge is 0.00978 e. The Morgan fingerprint density at radius 2 is 1.62 bits per heavy atom. The lowest BCUT2D eigenvalue weighted by Crippen LogP contribution is -2.42. The molecule has 1 heteroatoms. The minimum atomic E-state index is 0.845. The van der Waals surface area contributed by atoms with E-state index in [2.05, 4.69) is 19.2 Å². The van der Waals surface area contributed by atoms with Crippen molar-refractivity contribution in [3.8, 4) is 0 Å². The molecule has 2 unspecified atom stereocenters. The zero-order valence-electron chi connectivity index (χ0n) is 11.2. The van der Waals surface area contributed by atoms with Gasteiger partial charge >= 0.3 is 0 Å². The van der Waals surface area contributed by atoms with Crippen LogP contribution in [0.3, 0.4) is 0 Å². The fourth-order valence-electron chi connectivity index (χ4n) is 3.95. The summed E-state index contributed by atoms with van der Waals surface area (Å²) in [6.07, 6.45) is 11.9. The van der Waals surface area contributed by atoms with Gasteiger partial charge in [0.15, 0.2) is 0 Å². The molecule has 0 saturated heterocycles. The van der Waals surface area contributed by atoms with Gasteiger partial charge in [-0.1, -0.05) is 39.5 Å². The maximum atomic E-state index is 3.74. The number of hydrogen-bond acceptors (Lipinski definition) is 1. The van der Waals surface area contributed by atoms with Gasteiger partial charge in [0.05, 0.1) is 0 Å². The summed E-state index contributed by atoms with van der Waals surface area (Å²) in [6, 6.07) is 0.845. The molecule has 1 nitrogen and oxygen atoms in total. The summed E-state index contributed by atoms with van der Waals surface area (Å²) in [5, 5.41) is 3.74. The first-order chi connectivity index (χ1) is 7.81. The second-order valence-electron chi connectivity index (χ2n) is 6.13. The molecule has 0 radical (unpaired) electrons. The second kappa shape index (κ2) is 6.05. The molecule has 0 aromatic rings. The van der Waals surface area contributed by atoms with Gasteiger partial charge in [-0.2, -0.15) is 0 Å². The van der Waals surface area contributed by atoms with Crippen molar-refractivity contribution in [2.45, 2.75) is 71.3 Å². The van der Waals surface area contributed by atoms with E-state index in [1.54, 1.807) is 0 Å². The number of rotatable bonds is 3. The lowest BCUT2D eigenvalue weighted by Gasteiger charge is -2.40. The van der Waals surface area contributed by atoms with Gasteiger partial charge in [-0.05, 0) is 50.0 Å². The van der Waals surface area contributed by atoms with Crippen molar-refractivity contribution in [2.24, 2.45) is 17.8 Å². The normalized spacial score (nSPS) is 40.9. The van der Waals surface area contributed by atoms with Gasteiger partial charge in [0, 0.05) is 6.04 Å². The Labute approximate surface area is 101 Å². The van der Waals surface area contributed by atoms with Crippen LogP contribution in [0, 0.1) is 17.8 Å². The van der Waals surface area contributed by atoms with E-state index in [-0.39, 0.29) is 0 Å². The van der Waals surface area contributed by atoms with E-state index >= 15 is 0 Å². The fraction of sp³-hybridized carbons (Fsp3) is 1.00. The van der Waals surface area contributed by atoms with Crippen LogP contribution in [-0.4, -0.2) is 12.6 Å². The Kier molecular flexibility index (Phi) is 4.69. The van der Waals surface area contributed by atoms with Crippen LogP contribution in [0.15, 0.2) is 0 Å². The summed E-state index contributed by atoms with van der Waals surface area (Å²) in [6.45, 7) is 5.85. The molecule has 2 rings (SSSR count). The molecule has 16 heavy (non-hydrogen) atoms. The van der Waals surface area contributed by atoms with Gasteiger partial charge in [0.2, 0.25) is 0 Å². The van der Waals surface area contributed by atoms with Crippen LogP contribution >= 0.6 is 0 Å². The van der Waals surface area contributed by atoms with Crippen molar-refractivity contribution in [3.05, 3.63) is 0 Å². The lowest BCUT2D eigenvalue weighted by atomic mass is 9.69. The predicted octanol–water partition coefficient (Wildman–Crippen LogP) is 3.98. The Morgan fingerprint density at radius 1 is 0.938 bits per heavy atom. The Hall–Kier alpha value is -0.0400. The maximum absolute atomic E-state index is 3.74. The van der Waals surface area contributed by atoms with Crippen LogP contribution in [0.25, 0.3) is 0 Å². The average molecular weight is 223 g/mol. The zero-order valence-corrected chi connectivity index (χ0v) is 11.2. The van der Waals surface area contributed by atoms with Crippen LogP contribution in [0.1, 0.15) is 65.2 Å². The van der Waals surface area contributed by atoms with E-state index in [0.717, 1.165) is 30.3 Å². The maximum Gasteiger partial charge on any atom is 0.00978 e. The highest BCUT2D eigenvalue weighted by molar-refractivity contribution is 4.87. The predicted molar refractivity (Wildman–Crippen MR) is 70.5 cm³/mol. The van der Waals surface area contributed by atoms with Crippen molar-refractivity contribution in [1.82, 2.24) is 5.32 Å². The highest BCUT2D eigenvalue weighted by Gasteiger charge is 2.32. The summed E-state index contributed by atoms with van der Waals surface area (Å²) in [7, 11) is 0. The van der Waals surface area contributed by atoms with E-state index in [1.165, 1.54) is 51.4 Å². The van der Waals surface area contributed by atoms with Crippen molar-refractivity contribution in [3.63, 3.8) is 0 Å².